The van der Waals surface area contributed by atoms with E-state index in [0.29, 0.717) is 6.04 Å². The minimum Gasteiger partial charge on any atom is -0.374 e. The maximum Gasteiger partial charge on any atom is 0.102 e. The van der Waals surface area contributed by atoms with Crippen molar-refractivity contribution in [2.75, 3.05) is 7.05 Å². The molecule has 0 heterocycles. The highest BCUT2D eigenvalue weighted by atomic mass is 16.3. The Kier molecular flexibility index (Phi) is 4.90. The zero-order chi connectivity index (χ0) is 13.5. The van der Waals surface area contributed by atoms with Crippen LogP contribution in [-0.4, -0.2) is 11.9 Å². The van der Waals surface area contributed by atoms with Gasteiger partial charge in [-0.3, -0.25) is 6.07 Å². The van der Waals surface area contributed by atoms with Gasteiger partial charge in [0.05, 0.1) is 0 Å². The highest BCUT2D eigenvalue weighted by Crippen LogP contribution is 2.08. The van der Waals surface area contributed by atoms with Gasteiger partial charge in [0.25, 0.3) is 0 Å². The first-order valence-corrected chi connectivity index (χ1v) is 5.55. The van der Waals surface area contributed by atoms with Gasteiger partial charge in [-0.1, -0.05) is 19.5 Å². The van der Waals surface area contributed by atoms with Crippen molar-refractivity contribution in [1.29, 1.82) is 0 Å². The Labute approximate surface area is 107 Å². The molecule has 18 heavy (non-hydrogen) atoms. The van der Waals surface area contributed by atoms with Gasteiger partial charge in [-0.05, 0) is 19.3 Å². The minimum absolute atomic E-state index is 0.449. The van der Waals surface area contributed by atoms with Crippen molar-refractivity contribution in [3.8, 4) is 0 Å². The third-order valence-electron chi connectivity index (χ3n) is 2.65. The second kappa shape index (κ2) is 6.42. The summed E-state index contributed by atoms with van der Waals surface area (Å²) in [7, 11) is 1.89. The number of nitrogens with one attached hydrogen (secondary N) is 1. The normalized spacial score (nSPS) is 10.5. The van der Waals surface area contributed by atoms with Gasteiger partial charge in [-0.15, -0.1) is 10.9 Å². The summed E-state index contributed by atoms with van der Waals surface area (Å²) in [5.41, 5.74) is 4.48. The van der Waals surface area contributed by atoms with Crippen molar-refractivity contribution in [3.63, 3.8) is 0 Å². The summed E-state index contributed by atoms with van der Waals surface area (Å²) in [5, 5.41) is 3.80. The first kappa shape index (κ1) is 13.7. The van der Waals surface area contributed by atoms with Crippen molar-refractivity contribution >= 4 is 0 Å². The van der Waals surface area contributed by atoms with Crippen molar-refractivity contribution in [2.24, 2.45) is 5.18 Å². The summed E-state index contributed by atoms with van der Waals surface area (Å²) in [5.74, 6) is 0. The molecular formula is C14H17N3O-2. The summed E-state index contributed by atoms with van der Waals surface area (Å²) < 4.78 is 0. The molecule has 4 heteroatoms. The van der Waals surface area contributed by atoms with Crippen LogP contribution in [0.1, 0.15) is 19.4 Å². The lowest BCUT2D eigenvalue weighted by Crippen LogP contribution is -2.76. The van der Waals surface area contributed by atoms with Gasteiger partial charge in [-0.25, -0.2) is 11.6 Å². The number of benzene rings is 1. The summed E-state index contributed by atoms with van der Waals surface area (Å²) in [6, 6.07) is 7.96. The molecule has 0 aliphatic rings. The Bertz CT molecular complexity index is 524. The number of hydrogen-bond acceptors (Lipinski definition) is 3. The van der Waals surface area contributed by atoms with E-state index in [1.165, 1.54) is 0 Å². The Morgan fingerprint density at radius 3 is 3.06 bits per heavy atom. The fourth-order valence-corrected chi connectivity index (χ4v) is 1.36. The molecule has 0 unspecified atom stereocenters. The molecular weight excluding hydrogens is 226 g/mol. The molecule has 0 fully saturated rings. The standard InChI is InChI=1S/C14H17N3O/c1-5-11(2)17(4)10-15-14-9-7-6-8-13(14)12(3)16-18/h6-10,15H,1H2,2-4H3/q-2. The smallest absolute Gasteiger partial charge is 0.102 e. The van der Waals surface area contributed by atoms with Crippen LogP contribution in [0.2, 0.25) is 0 Å². The average molecular weight is 243 g/mol. The van der Waals surface area contributed by atoms with Crippen LogP contribution in [0.25, 0.3) is 0 Å². The molecule has 1 N–H and O–H groups in total. The molecule has 0 aliphatic carbocycles. The first-order chi connectivity index (χ1) is 8.60. The second-order valence-corrected chi connectivity index (χ2v) is 3.87. The van der Waals surface area contributed by atoms with Crippen LogP contribution in [0.15, 0.2) is 47.4 Å². The fraction of sp³-hybridized carbons (Fsp3) is 0.214. The average Bonchev–Trinajstić information content (AvgIpc) is 2.43. The molecule has 1 rings (SSSR count). The molecule has 0 radical (unpaired) electrons. The number of nitrogens with zero attached hydrogens (tertiary/aromatic N) is 2. The van der Waals surface area contributed by atoms with E-state index >= 15 is 0 Å². The van der Waals surface area contributed by atoms with E-state index in [9.17, 15) is 4.91 Å². The minimum atomic E-state index is 0.449. The molecule has 0 saturated carbocycles. The summed E-state index contributed by atoms with van der Waals surface area (Å²) in [6.07, 6.45) is 0. The van der Waals surface area contributed by atoms with Gasteiger partial charge < -0.3 is 9.89 Å². The van der Waals surface area contributed by atoms with Crippen molar-refractivity contribution in [3.05, 3.63) is 70.8 Å². The second-order valence-electron chi connectivity index (χ2n) is 3.87. The highest BCUT2D eigenvalue weighted by molar-refractivity contribution is 5.26. The molecule has 0 aromatic heterocycles. The highest BCUT2D eigenvalue weighted by Gasteiger charge is 1.95. The topological polar surface area (TPSA) is 46.6 Å². The van der Waals surface area contributed by atoms with Gasteiger partial charge in [0, 0.05) is 5.70 Å². The van der Waals surface area contributed by atoms with Gasteiger partial charge in [-0.2, -0.15) is 17.0 Å². The maximum absolute atomic E-state index is 10.6. The van der Waals surface area contributed by atoms with Crippen LogP contribution in [0.5, 0.6) is 0 Å². The number of allylic oxidation sites excluding steroid dienone is 1. The van der Waals surface area contributed by atoms with Crippen LogP contribution in [-0.2, 0) is 0 Å². The lowest BCUT2D eigenvalue weighted by Gasteiger charge is -2.20. The molecule has 0 atom stereocenters. The molecule has 0 amide bonds. The Morgan fingerprint density at radius 1 is 1.72 bits per heavy atom. The van der Waals surface area contributed by atoms with Gasteiger partial charge in [0.15, 0.2) is 0 Å². The zero-order valence-electron chi connectivity index (χ0n) is 10.9. The quantitative estimate of drug-likeness (QED) is 0.472. The third-order valence-corrected chi connectivity index (χ3v) is 2.65. The van der Waals surface area contributed by atoms with Crippen LogP contribution < -0.4 is 10.3 Å². The number of para-hydroxylation sites is 1. The SMILES string of the molecule is C=C=C(C)N(C)[CH-][NH+]=c1cc[cH-]cc1[C-](C)N=O. The van der Waals surface area contributed by atoms with Crippen LogP contribution >= 0.6 is 0 Å². The van der Waals surface area contributed by atoms with E-state index in [-0.39, 0.29) is 0 Å². The Morgan fingerprint density at radius 2 is 2.44 bits per heavy atom. The molecule has 0 spiro atoms. The zero-order valence-corrected chi connectivity index (χ0v) is 10.9. The summed E-state index contributed by atoms with van der Waals surface area (Å²) >= 11 is 0. The molecule has 1 aromatic rings. The molecule has 0 saturated heterocycles. The van der Waals surface area contributed by atoms with Crippen LogP contribution in [0.4, 0.5) is 0 Å². The number of rotatable bonds is 5. The van der Waals surface area contributed by atoms with Gasteiger partial charge >= 0.3 is 0 Å². The Balaban J connectivity index is 3.02. The van der Waals surface area contributed by atoms with E-state index in [0.717, 1.165) is 16.6 Å². The number of hydrogen-bond donors (Lipinski definition) is 1. The molecule has 0 bridgehead atoms. The molecule has 0 aliphatic heterocycles. The van der Waals surface area contributed by atoms with Crippen LogP contribution in [0.3, 0.4) is 0 Å². The molecule has 96 valence electrons. The summed E-state index contributed by atoms with van der Waals surface area (Å²) in [4.78, 5) is 15.6. The maximum atomic E-state index is 10.6. The monoisotopic (exact) mass is 243 g/mol. The van der Waals surface area contributed by atoms with Crippen molar-refractivity contribution in [2.45, 2.75) is 13.8 Å². The van der Waals surface area contributed by atoms with Crippen molar-refractivity contribution in [1.82, 2.24) is 4.90 Å². The van der Waals surface area contributed by atoms with E-state index in [4.69, 9.17) is 0 Å². The van der Waals surface area contributed by atoms with E-state index in [1.807, 2.05) is 43.1 Å². The molecule has 1 aromatic carbocycles. The Hall–Kier alpha value is -2.32. The van der Waals surface area contributed by atoms with Crippen molar-refractivity contribution < 1.29 is 4.99 Å². The predicted molar refractivity (Wildman–Crippen MR) is 70.3 cm³/mol. The van der Waals surface area contributed by atoms with E-state index in [1.54, 1.807) is 13.6 Å². The lowest BCUT2D eigenvalue weighted by molar-refractivity contribution is -0.473. The lowest BCUT2D eigenvalue weighted by atomic mass is 10.1. The third kappa shape index (κ3) is 3.34. The van der Waals surface area contributed by atoms with Gasteiger partial charge in [0.1, 0.15) is 6.67 Å². The van der Waals surface area contributed by atoms with E-state index < -0.39 is 0 Å². The fourth-order valence-electron chi connectivity index (χ4n) is 1.36. The van der Waals surface area contributed by atoms with Crippen LogP contribution in [0, 0.1) is 17.6 Å². The summed E-state index contributed by atoms with van der Waals surface area (Å²) in [6.45, 7) is 8.96. The van der Waals surface area contributed by atoms with Gasteiger partial charge in [0.2, 0.25) is 0 Å². The largest absolute Gasteiger partial charge is 0.374 e. The first-order valence-electron chi connectivity index (χ1n) is 5.55. The predicted octanol–water partition coefficient (Wildman–Crippen LogP) is 0.793. The molecule has 4 nitrogen and oxygen atoms in total. The number of nitroso groups, excluding NO2 is 1. The van der Waals surface area contributed by atoms with E-state index in [2.05, 4.69) is 22.5 Å².